The number of nitro groups is 1. The molecule has 1 aromatic rings. The number of esters is 1. The van der Waals surface area contributed by atoms with Gasteiger partial charge in [-0.3, -0.25) is 14.9 Å². The molecule has 1 N–H and O–H groups in total. The topological polar surface area (TPSA) is 145 Å². The number of carbonyl (C=O) groups is 2. The molecule has 28 heavy (non-hydrogen) atoms. The smallest absolute Gasteiger partial charge is 0.407 e. The molecule has 1 aromatic carbocycles. The minimum Gasteiger partial charge on any atom is -0.468 e. The molecule has 0 spiro atoms. The predicted molar refractivity (Wildman–Crippen MR) is 98.1 cm³/mol. The van der Waals surface area contributed by atoms with Crippen molar-refractivity contribution in [3.63, 3.8) is 0 Å². The summed E-state index contributed by atoms with van der Waals surface area (Å²) >= 11 is 0. The van der Waals surface area contributed by atoms with Crippen LogP contribution >= 0.6 is 0 Å². The molecule has 0 aromatic heterocycles. The lowest BCUT2D eigenvalue weighted by Crippen LogP contribution is -2.50. The Kier molecular flexibility index (Phi) is 7.47. The first kappa shape index (κ1) is 23.3. The van der Waals surface area contributed by atoms with E-state index >= 15 is 0 Å². The number of hydrogen-bond donors (Lipinski definition) is 1. The van der Waals surface area contributed by atoms with E-state index < -0.39 is 55.8 Å². The molecular formula is C16H23N3O8S. The highest BCUT2D eigenvalue weighted by Gasteiger charge is 2.37. The van der Waals surface area contributed by atoms with Crippen LogP contribution in [0.4, 0.5) is 10.5 Å². The van der Waals surface area contributed by atoms with Gasteiger partial charge in [-0.15, -0.1) is 0 Å². The average Bonchev–Trinajstić information content (AvgIpc) is 2.59. The van der Waals surface area contributed by atoms with Crippen molar-refractivity contribution in [3.8, 4) is 0 Å². The zero-order chi connectivity index (χ0) is 21.7. The number of ether oxygens (including phenoxy) is 2. The Balaban J connectivity index is 3.17. The van der Waals surface area contributed by atoms with Crippen LogP contribution in [0.25, 0.3) is 0 Å². The third-order valence-corrected chi connectivity index (χ3v) is 5.38. The maximum absolute atomic E-state index is 12.9. The standard InChI is InChI=1S/C16H23N3O8S/c1-16(2,3)27-15(21)17-10-12(14(20)26-5)18(4)28(24,25)13-9-7-6-8-11(13)19(22)23/h6-9,12H,10H2,1-5H3,(H,17,21)/t12-/m0/s1. The van der Waals surface area contributed by atoms with E-state index in [0.29, 0.717) is 4.31 Å². The number of methoxy groups -OCH3 is 1. The van der Waals surface area contributed by atoms with E-state index in [1.165, 1.54) is 12.1 Å². The highest BCUT2D eigenvalue weighted by molar-refractivity contribution is 7.89. The predicted octanol–water partition coefficient (Wildman–Crippen LogP) is 1.28. The molecule has 0 aliphatic carbocycles. The first-order valence-electron chi connectivity index (χ1n) is 8.07. The highest BCUT2D eigenvalue weighted by Crippen LogP contribution is 2.26. The van der Waals surface area contributed by atoms with Gasteiger partial charge in [0.25, 0.3) is 15.7 Å². The van der Waals surface area contributed by atoms with Gasteiger partial charge in [0.15, 0.2) is 4.90 Å². The van der Waals surface area contributed by atoms with E-state index in [4.69, 9.17) is 4.74 Å². The number of rotatable bonds is 7. The number of hydrogen-bond acceptors (Lipinski definition) is 8. The van der Waals surface area contributed by atoms with E-state index in [1.54, 1.807) is 20.8 Å². The van der Waals surface area contributed by atoms with Gasteiger partial charge in [0.05, 0.1) is 12.0 Å². The molecule has 0 saturated carbocycles. The molecule has 0 aliphatic rings. The third kappa shape index (κ3) is 5.89. The average molecular weight is 417 g/mol. The number of para-hydroxylation sites is 1. The molecule has 1 rings (SSSR count). The summed E-state index contributed by atoms with van der Waals surface area (Å²) in [5.41, 5.74) is -1.44. The number of alkyl carbamates (subject to hydrolysis) is 1. The van der Waals surface area contributed by atoms with Gasteiger partial charge in [0.1, 0.15) is 11.6 Å². The number of likely N-dealkylation sites (N-methyl/N-ethyl adjacent to an activating group) is 1. The Morgan fingerprint density at radius 2 is 1.86 bits per heavy atom. The van der Waals surface area contributed by atoms with Crippen LogP contribution in [0.15, 0.2) is 29.2 Å². The first-order valence-corrected chi connectivity index (χ1v) is 9.51. The second-order valence-electron chi connectivity index (χ2n) is 6.67. The van der Waals surface area contributed by atoms with Crippen molar-refractivity contribution in [3.05, 3.63) is 34.4 Å². The fourth-order valence-corrected chi connectivity index (χ4v) is 3.60. The summed E-state index contributed by atoms with van der Waals surface area (Å²) in [5.74, 6) is -0.958. The molecule has 11 nitrogen and oxygen atoms in total. The van der Waals surface area contributed by atoms with Crippen molar-refractivity contribution in [1.29, 1.82) is 0 Å². The van der Waals surface area contributed by atoms with Gasteiger partial charge < -0.3 is 14.8 Å². The van der Waals surface area contributed by atoms with Crippen LogP contribution < -0.4 is 5.32 Å². The van der Waals surface area contributed by atoms with Gasteiger partial charge in [-0.1, -0.05) is 12.1 Å². The van der Waals surface area contributed by atoms with Gasteiger partial charge in [-0.25, -0.2) is 13.2 Å². The number of carbonyl (C=O) groups excluding carboxylic acids is 2. The molecule has 0 fully saturated rings. The van der Waals surface area contributed by atoms with Gasteiger partial charge in [0.2, 0.25) is 0 Å². The summed E-state index contributed by atoms with van der Waals surface area (Å²) < 4.78 is 36.0. The second kappa shape index (κ2) is 8.97. The lowest BCUT2D eigenvalue weighted by atomic mass is 10.2. The first-order chi connectivity index (χ1) is 12.8. The van der Waals surface area contributed by atoms with E-state index in [0.717, 1.165) is 26.3 Å². The number of nitro benzene ring substituents is 1. The van der Waals surface area contributed by atoms with Gasteiger partial charge in [-0.2, -0.15) is 4.31 Å². The van der Waals surface area contributed by atoms with Crippen molar-refractivity contribution in [2.24, 2.45) is 0 Å². The summed E-state index contributed by atoms with van der Waals surface area (Å²) in [4.78, 5) is 33.6. The van der Waals surface area contributed by atoms with Crippen LogP contribution in [-0.2, 0) is 24.3 Å². The largest absolute Gasteiger partial charge is 0.468 e. The van der Waals surface area contributed by atoms with Crippen LogP contribution in [0, 0.1) is 10.1 Å². The van der Waals surface area contributed by atoms with Crippen LogP contribution in [-0.4, -0.2) is 62.1 Å². The molecule has 156 valence electrons. The van der Waals surface area contributed by atoms with Gasteiger partial charge >= 0.3 is 12.1 Å². The van der Waals surface area contributed by atoms with Crippen molar-refractivity contribution in [2.75, 3.05) is 20.7 Å². The molecule has 0 heterocycles. The summed E-state index contributed by atoms with van der Waals surface area (Å²) in [6.45, 7) is 4.44. The lowest BCUT2D eigenvalue weighted by molar-refractivity contribution is -0.387. The van der Waals surface area contributed by atoms with Gasteiger partial charge in [0, 0.05) is 19.7 Å². The van der Waals surface area contributed by atoms with Crippen LogP contribution in [0.3, 0.4) is 0 Å². The van der Waals surface area contributed by atoms with Crippen LogP contribution in [0.2, 0.25) is 0 Å². The number of benzene rings is 1. The maximum atomic E-state index is 12.9. The molecule has 0 unspecified atom stereocenters. The quantitative estimate of drug-likeness (QED) is 0.397. The van der Waals surface area contributed by atoms with E-state index in [2.05, 4.69) is 10.1 Å². The molecular weight excluding hydrogens is 394 g/mol. The molecule has 0 saturated heterocycles. The molecule has 1 atom stereocenters. The summed E-state index contributed by atoms with van der Waals surface area (Å²) in [6, 6.07) is 3.26. The summed E-state index contributed by atoms with van der Waals surface area (Å²) in [6.07, 6.45) is -0.863. The van der Waals surface area contributed by atoms with Crippen molar-refractivity contribution in [1.82, 2.24) is 9.62 Å². The number of nitrogens with zero attached hydrogens (tertiary/aromatic N) is 2. The number of nitrogens with one attached hydrogen (secondary N) is 1. The minimum absolute atomic E-state index is 0.460. The van der Waals surface area contributed by atoms with Gasteiger partial charge in [-0.05, 0) is 26.8 Å². The van der Waals surface area contributed by atoms with Crippen LogP contribution in [0.5, 0.6) is 0 Å². The Morgan fingerprint density at radius 3 is 2.36 bits per heavy atom. The van der Waals surface area contributed by atoms with Crippen molar-refractivity contribution < 1.29 is 32.4 Å². The minimum atomic E-state index is -4.45. The fourth-order valence-electron chi connectivity index (χ4n) is 2.14. The van der Waals surface area contributed by atoms with E-state index in [9.17, 15) is 28.1 Å². The van der Waals surface area contributed by atoms with Crippen molar-refractivity contribution >= 4 is 27.8 Å². The summed E-state index contributed by atoms with van der Waals surface area (Å²) in [7, 11) is -2.34. The number of amides is 1. The van der Waals surface area contributed by atoms with E-state index in [-0.39, 0.29) is 0 Å². The zero-order valence-corrected chi connectivity index (χ0v) is 17.0. The molecule has 1 amide bonds. The molecule has 0 radical (unpaired) electrons. The van der Waals surface area contributed by atoms with Crippen LogP contribution in [0.1, 0.15) is 20.8 Å². The number of sulfonamides is 1. The fraction of sp³-hybridized carbons (Fsp3) is 0.500. The monoisotopic (exact) mass is 417 g/mol. The third-order valence-electron chi connectivity index (χ3n) is 3.47. The Bertz CT molecular complexity index is 848. The Morgan fingerprint density at radius 1 is 1.29 bits per heavy atom. The highest BCUT2D eigenvalue weighted by atomic mass is 32.2. The maximum Gasteiger partial charge on any atom is 0.407 e. The second-order valence-corrected chi connectivity index (χ2v) is 8.63. The lowest BCUT2D eigenvalue weighted by Gasteiger charge is -2.26. The Hall–Kier alpha value is -2.73. The molecule has 0 bridgehead atoms. The Labute approximate surface area is 162 Å². The SMILES string of the molecule is COC(=O)[C@H](CNC(=O)OC(C)(C)C)N(C)S(=O)(=O)c1ccccc1[N+](=O)[O-]. The summed E-state index contributed by atoms with van der Waals surface area (Å²) in [5, 5.41) is 13.5. The molecule has 0 aliphatic heterocycles. The van der Waals surface area contributed by atoms with E-state index in [1.807, 2.05) is 0 Å². The van der Waals surface area contributed by atoms with Crippen molar-refractivity contribution in [2.45, 2.75) is 37.3 Å². The zero-order valence-electron chi connectivity index (χ0n) is 16.2. The normalized spacial score (nSPS) is 12.9. The molecule has 12 heteroatoms.